The summed E-state index contributed by atoms with van der Waals surface area (Å²) in [7, 11) is -3.93. The van der Waals surface area contributed by atoms with E-state index in [4.69, 9.17) is 34.8 Å². The van der Waals surface area contributed by atoms with E-state index in [2.05, 4.69) is 9.71 Å². The van der Waals surface area contributed by atoms with Crippen molar-refractivity contribution >= 4 is 67.2 Å². The van der Waals surface area contributed by atoms with Crippen molar-refractivity contribution in [2.24, 2.45) is 0 Å². The summed E-state index contributed by atoms with van der Waals surface area (Å²) >= 11 is 18.0. The molecule has 0 saturated carbocycles. The van der Waals surface area contributed by atoms with Crippen LogP contribution in [0.3, 0.4) is 0 Å². The molecule has 1 aromatic heterocycles. The third kappa shape index (κ3) is 3.78. The number of ketones is 1. The van der Waals surface area contributed by atoms with E-state index in [9.17, 15) is 13.2 Å². The van der Waals surface area contributed by atoms with Gasteiger partial charge in [-0.25, -0.2) is 13.4 Å². The van der Waals surface area contributed by atoms with Gasteiger partial charge in [0.1, 0.15) is 5.69 Å². The highest BCUT2D eigenvalue weighted by Crippen LogP contribution is 2.34. The summed E-state index contributed by atoms with van der Waals surface area (Å²) in [5.74, 6) is -0.324. The number of carbonyl (C=O) groups is 1. The number of hydrogen-bond acceptors (Lipinski definition) is 4. The number of rotatable bonds is 4. The molecule has 3 aromatic rings. The number of pyridine rings is 1. The minimum atomic E-state index is -3.93. The van der Waals surface area contributed by atoms with Crippen molar-refractivity contribution in [3.8, 4) is 0 Å². The van der Waals surface area contributed by atoms with Gasteiger partial charge in [-0.1, -0.05) is 34.8 Å². The summed E-state index contributed by atoms with van der Waals surface area (Å²) in [5.41, 5.74) is 0.533. The molecule has 0 aliphatic heterocycles. The molecular formula is C17H11Cl3N2O3S. The molecule has 1 heterocycles. The molecule has 9 heteroatoms. The zero-order valence-electron chi connectivity index (χ0n) is 13.3. The molecule has 0 saturated heterocycles. The predicted octanol–water partition coefficient (Wildman–Crippen LogP) is 5.20. The van der Waals surface area contributed by atoms with Crippen LogP contribution in [-0.2, 0) is 10.0 Å². The summed E-state index contributed by atoms with van der Waals surface area (Å²) in [5, 5.41) is 1.29. The topological polar surface area (TPSA) is 76.1 Å². The third-order valence-corrected chi connectivity index (χ3v) is 5.70. The van der Waals surface area contributed by atoms with Gasteiger partial charge < -0.3 is 0 Å². The molecule has 0 radical (unpaired) electrons. The molecule has 3 rings (SSSR count). The number of halogens is 3. The molecule has 26 heavy (non-hydrogen) atoms. The van der Waals surface area contributed by atoms with Gasteiger partial charge in [0.2, 0.25) is 0 Å². The number of aromatic nitrogens is 1. The molecule has 0 unspecified atom stereocenters. The largest absolute Gasteiger partial charge is 0.293 e. The molecule has 0 fully saturated rings. The lowest BCUT2D eigenvalue weighted by atomic mass is 10.1. The van der Waals surface area contributed by atoms with E-state index in [0.29, 0.717) is 20.9 Å². The number of hydrogen-bond donors (Lipinski definition) is 1. The van der Waals surface area contributed by atoms with Gasteiger partial charge in [-0.2, -0.15) is 0 Å². The van der Waals surface area contributed by atoms with E-state index in [1.807, 2.05) is 0 Å². The standard InChI is InChI=1S/C17H11Cl3N2O3S/c1-9(23)14-8-16(17-13(20)6-11(19)7-15(17)21-14)22-26(24,25)12-4-2-10(18)3-5-12/h2-8H,1H3,(H,21,22). The van der Waals surface area contributed by atoms with Crippen LogP contribution in [0, 0.1) is 0 Å². The number of Topliss-reactive ketones (excluding diaryl/α,β-unsaturated/α-hetero) is 1. The Kier molecular flexibility index (Phi) is 5.12. The SMILES string of the molecule is CC(=O)c1cc(NS(=O)(=O)c2ccc(Cl)cc2)c2c(Cl)cc(Cl)cc2n1. The summed E-state index contributed by atoms with van der Waals surface area (Å²) in [4.78, 5) is 16.0. The highest BCUT2D eigenvalue weighted by molar-refractivity contribution is 7.92. The van der Waals surface area contributed by atoms with E-state index in [-0.39, 0.29) is 27.1 Å². The van der Waals surface area contributed by atoms with Gasteiger partial charge in [-0.3, -0.25) is 9.52 Å². The van der Waals surface area contributed by atoms with Gasteiger partial charge in [0.25, 0.3) is 10.0 Å². The van der Waals surface area contributed by atoms with Crippen molar-refractivity contribution in [1.29, 1.82) is 0 Å². The first-order chi connectivity index (χ1) is 12.2. The molecule has 0 atom stereocenters. The molecule has 5 nitrogen and oxygen atoms in total. The van der Waals surface area contributed by atoms with Crippen LogP contribution in [0.2, 0.25) is 15.1 Å². The second kappa shape index (κ2) is 7.04. The molecule has 0 bridgehead atoms. The van der Waals surface area contributed by atoms with Gasteiger partial charge in [0.15, 0.2) is 5.78 Å². The smallest absolute Gasteiger partial charge is 0.261 e. The lowest BCUT2D eigenvalue weighted by Gasteiger charge is -2.13. The zero-order valence-corrected chi connectivity index (χ0v) is 16.3. The molecule has 2 aromatic carbocycles. The van der Waals surface area contributed by atoms with Crippen molar-refractivity contribution in [2.75, 3.05) is 4.72 Å². The van der Waals surface area contributed by atoms with E-state index in [0.717, 1.165) is 0 Å². The minimum absolute atomic E-state index is 0.0151. The van der Waals surface area contributed by atoms with Crippen molar-refractivity contribution in [3.05, 3.63) is 63.2 Å². The van der Waals surface area contributed by atoms with E-state index in [1.165, 1.54) is 49.4 Å². The fourth-order valence-corrected chi connectivity index (χ4v) is 4.14. The van der Waals surface area contributed by atoms with Crippen LogP contribution in [0.4, 0.5) is 5.69 Å². The van der Waals surface area contributed by atoms with Crippen molar-refractivity contribution < 1.29 is 13.2 Å². The first-order valence-electron chi connectivity index (χ1n) is 7.26. The van der Waals surface area contributed by atoms with Gasteiger partial charge in [0, 0.05) is 22.4 Å². The second-order valence-corrected chi connectivity index (χ2v) is 8.41. The lowest BCUT2D eigenvalue weighted by molar-refractivity contribution is 0.101. The highest BCUT2D eigenvalue weighted by atomic mass is 35.5. The fourth-order valence-electron chi connectivity index (χ4n) is 2.36. The third-order valence-electron chi connectivity index (χ3n) is 3.55. The first kappa shape index (κ1) is 18.9. The molecule has 134 valence electrons. The van der Waals surface area contributed by atoms with E-state index >= 15 is 0 Å². The van der Waals surface area contributed by atoms with Crippen molar-refractivity contribution in [1.82, 2.24) is 4.98 Å². The summed E-state index contributed by atoms with van der Waals surface area (Å²) in [6.07, 6.45) is 0. The summed E-state index contributed by atoms with van der Waals surface area (Å²) in [6.45, 7) is 1.33. The summed E-state index contributed by atoms with van der Waals surface area (Å²) in [6, 6.07) is 10.0. The lowest BCUT2D eigenvalue weighted by Crippen LogP contribution is -2.14. The van der Waals surface area contributed by atoms with Gasteiger partial charge in [-0.05, 0) is 42.5 Å². The van der Waals surface area contributed by atoms with Crippen LogP contribution in [0.15, 0.2) is 47.4 Å². The molecule has 0 aliphatic rings. The second-order valence-electron chi connectivity index (χ2n) is 5.45. The average molecular weight is 430 g/mol. The van der Waals surface area contributed by atoms with E-state index in [1.54, 1.807) is 0 Å². The maximum atomic E-state index is 12.7. The van der Waals surface area contributed by atoms with Crippen LogP contribution in [-0.4, -0.2) is 19.2 Å². The number of nitrogens with one attached hydrogen (secondary N) is 1. The molecule has 0 amide bonds. The first-order valence-corrected chi connectivity index (χ1v) is 9.88. The normalized spacial score (nSPS) is 11.5. The van der Waals surface area contributed by atoms with Crippen LogP contribution in [0.5, 0.6) is 0 Å². The van der Waals surface area contributed by atoms with Crippen molar-refractivity contribution in [3.63, 3.8) is 0 Å². The Morgan fingerprint density at radius 1 is 1.00 bits per heavy atom. The Hall–Kier alpha value is -1.86. The molecule has 1 N–H and O–H groups in total. The average Bonchev–Trinajstić information content (AvgIpc) is 2.53. The number of sulfonamides is 1. The van der Waals surface area contributed by atoms with Crippen LogP contribution in [0.1, 0.15) is 17.4 Å². The number of anilines is 1. The van der Waals surface area contributed by atoms with Gasteiger partial charge in [-0.15, -0.1) is 0 Å². The Labute approximate surface area is 165 Å². The number of benzene rings is 2. The molecule has 0 aliphatic carbocycles. The highest BCUT2D eigenvalue weighted by Gasteiger charge is 2.19. The van der Waals surface area contributed by atoms with Crippen LogP contribution in [0.25, 0.3) is 10.9 Å². The predicted molar refractivity (Wildman–Crippen MR) is 104 cm³/mol. The maximum absolute atomic E-state index is 12.7. The Balaban J connectivity index is 2.20. The Bertz CT molecular complexity index is 1130. The molecular weight excluding hydrogens is 419 g/mol. The fraction of sp³-hybridized carbons (Fsp3) is 0.0588. The van der Waals surface area contributed by atoms with Crippen molar-refractivity contribution in [2.45, 2.75) is 11.8 Å². The van der Waals surface area contributed by atoms with Crippen LogP contribution >= 0.6 is 34.8 Å². The monoisotopic (exact) mass is 428 g/mol. The van der Waals surface area contributed by atoms with Gasteiger partial charge in [0.05, 0.1) is 21.1 Å². The zero-order chi connectivity index (χ0) is 19.1. The quantitative estimate of drug-likeness (QED) is 0.578. The summed E-state index contributed by atoms with van der Waals surface area (Å²) < 4.78 is 27.8. The number of nitrogens with zero attached hydrogens (tertiary/aromatic N) is 1. The van der Waals surface area contributed by atoms with E-state index < -0.39 is 10.0 Å². The van der Waals surface area contributed by atoms with Gasteiger partial charge >= 0.3 is 0 Å². The Morgan fingerprint density at radius 3 is 2.27 bits per heavy atom. The number of carbonyl (C=O) groups excluding carboxylic acids is 1. The number of fused-ring (bicyclic) bond motifs is 1. The molecule has 0 spiro atoms. The van der Waals surface area contributed by atoms with Crippen LogP contribution < -0.4 is 4.72 Å². The maximum Gasteiger partial charge on any atom is 0.261 e. The minimum Gasteiger partial charge on any atom is -0.293 e. The Morgan fingerprint density at radius 2 is 1.65 bits per heavy atom.